The van der Waals surface area contributed by atoms with Crippen LogP contribution >= 0.6 is 0 Å². The number of nitrogens with zero attached hydrogens (tertiary/aromatic N) is 2. The zero-order valence-electron chi connectivity index (χ0n) is 12.1. The molecule has 1 aliphatic heterocycles. The number of nitrogens with one attached hydrogen (secondary N) is 1. The number of aryl methyl sites for hydroxylation is 1. The summed E-state index contributed by atoms with van der Waals surface area (Å²) in [6.45, 7) is 4.20. The number of hydrogen-bond acceptors (Lipinski definition) is 4. The van der Waals surface area contributed by atoms with Gasteiger partial charge in [-0.05, 0) is 24.1 Å². The molecule has 0 saturated carbocycles. The largest absolute Gasteiger partial charge is 0.378 e. The second-order valence-electron chi connectivity index (χ2n) is 4.77. The van der Waals surface area contributed by atoms with Gasteiger partial charge in [0.1, 0.15) is 11.6 Å². The standard InChI is InChI=1S/C16H19N3O2/c1-2-13-3-5-15(6-4-13)18-12-14(11-17)16(20)19-7-9-21-10-8-19/h3-6,12,18H,2,7-10H2,1H3/b14-12-. The van der Waals surface area contributed by atoms with Gasteiger partial charge in [0.15, 0.2) is 0 Å². The van der Waals surface area contributed by atoms with Gasteiger partial charge in [0, 0.05) is 25.0 Å². The Hall–Kier alpha value is -2.32. The normalized spacial score (nSPS) is 15.4. The molecule has 1 aromatic carbocycles. The van der Waals surface area contributed by atoms with E-state index < -0.39 is 0 Å². The molecule has 1 fully saturated rings. The minimum atomic E-state index is -0.251. The average molecular weight is 285 g/mol. The second kappa shape index (κ2) is 7.46. The number of anilines is 1. The lowest BCUT2D eigenvalue weighted by Gasteiger charge is -2.26. The third-order valence-corrected chi connectivity index (χ3v) is 3.39. The molecule has 5 heteroatoms. The Bertz CT molecular complexity index is 552. The fourth-order valence-electron chi connectivity index (χ4n) is 2.07. The molecule has 0 bridgehead atoms. The van der Waals surface area contributed by atoms with Gasteiger partial charge in [-0.1, -0.05) is 19.1 Å². The predicted molar refractivity (Wildman–Crippen MR) is 80.5 cm³/mol. The second-order valence-corrected chi connectivity index (χ2v) is 4.77. The van der Waals surface area contributed by atoms with E-state index >= 15 is 0 Å². The molecule has 1 N–H and O–H groups in total. The molecule has 0 radical (unpaired) electrons. The highest BCUT2D eigenvalue weighted by Crippen LogP contribution is 2.11. The Kier molecular flexibility index (Phi) is 5.35. The van der Waals surface area contributed by atoms with Crippen molar-refractivity contribution in [1.82, 2.24) is 4.90 Å². The van der Waals surface area contributed by atoms with Crippen molar-refractivity contribution in [1.29, 1.82) is 5.26 Å². The molecular weight excluding hydrogens is 266 g/mol. The number of carbonyl (C=O) groups is 1. The maximum absolute atomic E-state index is 12.2. The molecule has 0 unspecified atom stereocenters. The molecule has 110 valence electrons. The fourth-order valence-corrected chi connectivity index (χ4v) is 2.07. The molecule has 0 aromatic heterocycles. The van der Waals surface area contributed by atoms with Crippen LogP contribution in [-0.4, -0.2) is 37.1 Å². The summed E-state index contributed by atoms with van der Waals surface area (Å²) in [5, 5.41) is 12.2. The third kappa shape index (κ3) is 4.07. The molecule has 1 amide bonds. The maximum Gasteiger partial charge on any atom is 0.266 e. The van der Waals surface area contributed by atoms with Crippen molar-refractivity contribution >= 4 is 11.6 Å². The van der Waals surface area contributed by atoms with Crippen LogP contribution in [0.25, 0.3) is 0 Å². The molecule has 0 atom stereocenters. The van der Waals surface area contributed by atoms with E-state index in [0.29, 0.717) is 26.3 Å². The van der Waals surface area contributed by atoms with Gasteiger partial charge >= 0.3 is 0 Å². The Labute approximate surface area is 124 Å². The number of ether oxygens (including phenoxy) is 1. The molecule has 1 aliphatic rings. The van der Waals surface area contributed by atoms with Crippen molar-refractivity contribution in [2.75, 3.05) is 31.6 Å². The smallest absolute Gasteiger partial charge is 0.266 e. The fraction of sp³-hybridized carbons (Fsp3) is 0.375. The monoisotopic (exact) mass is 285 g/mol. The Morgan fingerprint density at radius 3 is 2.62 bits per heavy atom. The summed E-state index contributed by atoms with van der Waals surface area (Å²) in [6.07, 6.45) is 2.45. The molecule has 2 rings (SSSR count). The summed E-state index contributed by atoms with van der Waals surface area (Å²) in [5.41, 5.74) is 2.21. The summed E-state index contributed by atoms with van der Waals surface area (Å²) in [4.78, 5) is 13.8. The molecule has 1 saturated heterocycles. The van der Waals surface area contributed by atoms with Gasteiger partial charge in [0.25, 0.3) is 5.91 Å². The first-order valence-electron chi connectivity index (χ1n) is 7.07. The highest BCUT2D eigenvalue weighted by Gasteiger charge is 2.20. The number of amides is 1. The van der Waals surface area contributed by atoms with Crippen LogP contribution in [0, 0.1) is 11.3 Å². The van der Waals surface area contributed by atoms with E-state index in [1.165, 1.54) is 11.8 Å². The van der Waals surface area contributed by atoms with E-state index in [-0.39, 0.29) is 11.5 Å². The Balaban J connectivity index is 2.02. The summed E-state index contributed by atoms with van der Waals surface area (Å²) in [7, 11) is 0. The topological polar surface area (TPSA) is 65.4 Å². The first-order chi connectivity index (χ1) is 10.2. The average Bonchev–Trinajstić information content (AvgIpc) is 2.56. The van der Waals surface area contributed by atoms with Crippen molar-refractivity contribution in [2.45, 2.75) is 13.3 Å². The molecule has 1 aromatic rings. The lowest BCUT2D eigenvalue weighted by atomic mass is 10.1. The third-order valence-electron chi connectivity index (χ3n) is 3.39. The molecule has 1 heterocycles. The first kappa shape index (κ1) is 15.1. The zero-order valence-corrected chi connectivity index (χ0v) is 12.1. The van der Waals surface area contributed by atoms with E-state index in [1.807, 2.05) is 30.3 Å². The van der Waals surface area contributed by atoms with Gasteiger partial charge in [-0.2, -0.15) is 5.26 Å². The SMILES string of the molecule is CCc1ccc(N/C=C(/C#N)C(=O)N2CCOCC2)cc1. The summed E-state index contributed by atoms with van der Waals surface area (Å²) >= 11 is 0. The highest BCUT2D eigenvalue weighted by molar-refractivity contribution is 5.97. The molecular formula is C16H19N3O2. The summed E-state index contributed by atoms with van der Waals surface area (Å²) in [5.74, 6) is -0.251. The van der Waals surface area contributed by atoms with Crippen molar-refractivity contribution < 1.29 is 9.53 Å². The van der Waals surface area contributed by atoms with Gasteiger partial charge in [-0.15, -0.1) is 0 Å². The van der Waals surface area contributed by atoms with Crippen LogP contribution < -0.4 is 5.32 Å². The minimum Gasteiger partial charge on any atom is -0.378 e. The minimum absolute atomic E-state index is 0.108. The molecule has 21 heavy (non-hydrogen) atoms. The number of carbonyl (C=O) groups excluding carboxylic acids is 1. The number of nitriles is 1. The molecule has 0 spiro atoms. The Morgan fingerprint density at radius 2 is 2.05 bits per heavy atom. The number of rotatable bonds is 4. The Morgan fingerprint density at radius 1 is 1.38 bits per heavy atom. The lowest BCUT2D eigenvalue weighted by Crippen LogP contribution is -2.41. The van der Waals surface area contributed by atoms with E-state index in [2.05, 4.69) is 12.2 Å². The summed E-state index contributed by atoms with van der Waals surface area (Å²) < 4.78 is 5.20. The van der Waals surface area contributed by atoms with Gasteiger partial charge in [0.2, 0.25) is 0 Å². The predicted octanol–water partition coefficient (Wildman–Crippen LogP) is 1.93. The van der Waals surface area contributed by atoms with Crippen LogP contribution in [0.4, 0.5) is 5.69 Å². The van der Waals surface area contributed by atoms with Crippen molar-refractivity contribution in [3.8, 4) is 6.07 Å². The van der Waals surface area contributed by atoms with Crippen LogP contribution in [-0.2, 0) is 16.0 Å². The van der Waals surface area contributed by atoms with Crippen molar-refractivity contribution in [3.05, 3.63) is 41.6 Å². The van der Waals surface area contributed by atoms with Gasteiger partial charge in [0.05, 0.1) is 13.2 Å². The van der Waals surface area contributed by atoms with Gasteiger partial charge in [-0.25, -0.2) is 0 Å². The van der Waals surface area contributed by atoms with Gasteiger partial charge in [-0.3, -0.25) is 4.79 Å². The van der Waals surface area contributed by atoms with E-state index in [0.717, 1.165) is 12.1 Å². The maximum atomic E-state index is 12.2. The van der Waals surface area contributed by atoms with E-state index in [1.54, 1.807) is 4.90 Å². The number of hydrogen-bond donors (Lipinski definition) is 1. The first-order valence-corrected chi connectivity index (χ1v) is 7.07. The van der Waals surface area contributed by atoms with Crippen molar-refractivity contribution in [2.24, 2.45) is 0 Å². The zero-order chi connectivity index (χ0) is 15.1. The molecule has 0 aliphatic carbocycles. The number of morpholine rings is 1. The van der Waals surface area contributed by atoms with E-state index in [9.17, 15) is 4.79 Å². The summed E-state index contributed by atoms with van der Waals surface area (Å²) in [6, 6.07) is 9.87. The lowest BCUT2D eigenvalue weighted by molar-refractivity contribution is -0.130. The van der Waals surface area contributed by atoms with Crippen LogP contribution in [0.5, 0.6) is 0 Å². The quantitative estimate of drug-likeness (QED) is 0.678. The van der Waals surface area contributed by atoms with Crippen LogP contribution in [0.15, 0.2) is 36.0 Å². The highest BCUT2D eigenvalue weighted by atomic mass is 16.5. The van der Waals surface area contributed by atoms with E-state index in [4.69, 9.17) is 10.00 Å². The van der Waals surface area contributed by atoms with Crippen LogP contribution in [0.1, 0.15) is 12.5 Å². The van der Waals surface area contributed by atoms with Crippen molar-refractivity contribution in [3.63, 3.8) is 0 Å². The molecule has 5 nitrogen and oxygen atoms in total. The number of benzene rings is 1. The van der Waals surface area contributed by atoms with Crippen LogP contribution in [0.3, 0.4) is 0 Å². The van der Waals surface area contributed by atoms with Gasteiger partial charge < -0.3 is 15.0 Å². The van der Waals surface area contributed by atoms with Crippen LogP contribution in [0.2, 0.25) is 0 Å².